The fraction of sp³-hybridized carbons (Fsp3) is 0.538. The van der Waals surface area contributed by atoms with Crippen LogP contribution >= 0.6 is 24.0 Å². The minimum absolute atomic E-state index is 0.0104. The molecule has 0 saturated carbocycles. The highest BCUT2D eigenvalue weighted by Crippen LogP contribution is 2.51. The minimum atomic E-state index is -1.31. The minimum Gasteiger partial charge on any atom is -0.395 e. The normalized spacial score (nSPS) is 16.2. The number of carbonyl (C=O) groups is 3. The van der Waals surface area contributed by atoms with Gasteiger partial charge in [0.05, 0.1) is 33.8 Å². The Kier molecular flexibility index (Phi) is 15.2. The molecular weight excluding hydrogens is 667 g/mol. The smallest absolute Gasteiger partial charge is 0.227 e. The van der Waals surface area contributed by atoms with E-state index in [9.17, 15) is 30.0 Å². The lowest BCUT2D eigenvalue weighted by Gasteiger charge is -2.45. The molecule has 270 valence electrons. The first-order valence-electron chi connectivity index (χ1n) is 16.9. The Morgan fingerprint density at radius 1 is 0.800 bits per heavy atom. The van der Waals surface area contributed by atoms with Crippen molar-refractivity contribution >= 4 is 45.9 Å². The molecule has 0 bridgehead atoms. The van der Waals surface area contributed by atoms with E-state index in [2.05, 4.69) is 28.1 Å². The number of nitriles is 2. The molecule has 3 amide bonds. The fourth-order valence-electron chi connectivity index (χ4n) is 6.08. The van der Waals surface area contributed by atoms with Crippen molar-refractivity contribution in [1.82, 2.24) is 16.0 Å². The van der Waals surface area contributed by atoms with Crippen molar-refractivity contribution in [3.63, 3.8) is 0 Å². The van der Waals surface area contributed by atoms with Gasteiger partial charge in [0.25, 0.3) is 0 Å². The molecule has 4 atom stereocenters. The molecule has 0 aliphatic carbocycles. The lowest BCUT2D eigenvalue weighted by Crippen LogP contribution is -2.54. The summed E-state index contributed by atoms with van der Waals surface area (Å²) < 4.78 is -0.609. The second kappa shape index (κ2) is 17.9. The van der Waals surface area contributed by atoms with E-state index in [0.717, 1.165) is 11.1 Å². The van der Waals surface area contributed by atoms with Crippen LogP contribution in [0.5, 0.6) is 0 Å². The number of benzene rings is 2. The molecular formula is C39H53N5O4S2. The Hall–Kier alpha value is -3.77. The maximum absolute atomic E-state index is 14.3. The van der Waals surface area contributed by atoms with Gasteiger partial charge in [0.1, 0.15) is 4.75 Å². The van der Waals surface area contributed by atoms with Crippen molar-refractivity contribution in [3.05, 3.63) is 71.8 Å². The molecule has 4 unspecified atom stereocenters. The average molecular weight is 720 g/mol. The third-order valence-corrected chi connectivity index (χ3v) is 11.2. The van der Waals surface area contributed by atoms with Gasteiger partial charge in [-0.05, 0) is 78.4 Å². The number of rotatable bonds is 18. The average Bonchev–Trinajstić information content (AvgIpc) is 3.08. The Morgan fingerprint density at radius 2 is 1.32 bits per heavy atom. The van der Waals surface area contributed by atoms with E-state index in [1.807, 2.05) is 74.5 Å². The molecule has 0 heterocycles. The van der Waals surface area contributed by atoms with Crippen LogP contribution in [0.1, 0.15) is 92.2 Å². The number of nitrogens with one attached hydrogen (secondary N) is 3. The predicted octanol–water partition coefficient (Wildman–Crippen LogP) is 6.46. The highest BCUT2D eigenvalue weighted by atomic mass is 32.2. The van der Waals surface area contributed by atoms with Crippen molar-refractivity contribution < 1.29 is 19.5 Å². The van der Waals surface area contributed by atoms with Crippen LogP contribution in [0.4, 0.5) is 0 Å². The van der Waals surface area contributed by atoms with Crippen LogP contribution in [0.25, 0.3) is 0 Å². The van der Waals surface area contributed by atoms with E-state index in [0.29, 0.717) is 4.20 Å². The molecule has 50 heavy (non-hydrogen) atoms. The molecule has 0 fully saturated rings. The number of thiocarbonyl (C=S) groups is 1. The van der Waals surface area contributed by atoms with Crippen LogP contribution in [0, 0.1) is 44.3 Å². The van der Waals surface area contributed by atoms with E-state index in [-0.39, 0.29) is 69.1 Å². The second-order valence-corrected chi connectivity index (χ2v) is 17.1. The highest BCUT2D eigenvalue weighted by Gasteiger charge is 2.54. The van der Waals surface area contributed by atoms with Crippen molar-refractivity contribution in [1.29, 1.82) is 10.5 Å². The van der Waals surface area contributed by atoms with Gasteiger partial charge in [-0.25, -0.2) is 0 Å². The fourth-order valence-corrected chi connectivity index (χ4v) is 7.87. The molecule has 0 spiro atoms. The SMILES string of the molecule is CC(C)NC(=O)C(C)(CC(C)(CCC(C)(CC(C)(C#N)SC(=S)c1ccccc1)C(=O)NCCO)C(=O)NCc1ccccc1)C(C)(C)C#N. The maximum Gasteiger partial charge on any atom is 0.227 e. The summed E-state index contributed by atoms with van der Waals surface area (Å²) in [5.41, 5.74) is -3.22. The molecule has 0 aliphatic heterocycles. The third kappa shape index (κ3) is 11.1. The topological polar surface area (TPSA) is 155 Å². The van der Waals surface area contributed by atoms with Crippen molar-refractivity contribution in [2.45, 2.75) is 98.4 Å². The molecule has 0 aromatic heterocycles. The predicted molar refractivity (Wildman–Crippen MR) is 204 cm³/mol. The molecule has 0 aliphatic rings. The standard InChI is InChI=1S/C39H53N5O4S2/c1-28(2)44-34(48)39(8,35(3,4)26-40)25-37(6,33(47)43-23-29-15-11-9-12-16-29)20-19-36(5,32(46)42-21-22-45)24-38(7,27-41)50-31(49)30-17-13-10-14-18-30/h9-18,28,45H,19-25H2,1-8H3,(H,42,46)(H,43,47)(H,44,48). The van der Waals surface area contributed by atoms with Gasteiger partial charge in [0.2, 0.25) is 17.7 Å². The quantitative estimate of drug-likeness (QED) is 0.128. The third-order valence-electron chi connectivity index (χ3n) is 9.63. The van der Waals surface area contributed by atoms with E-state index >= 15 is 0 Å². The van der Waals surface area contributed by atoms with Gasteiger partial charge >= 0.3 is 0 Å². The van der Waals surface area contributed by atoms with Crippen molar-refractivity contribution in [2.24, 2.45) is 21.7 Å². The van der Waals surface area contributed by atoms with Crippen LogP contribution in [0.15, 0.2) is 60.7 Å². The number of amides is 3. The number of hydrogen-bond acceptors (Lipinski definition) is 8. The summed E-state index contributed by atoms with van der Waals surface area (Å²) in [4.78, 5) is 42.2. The zero-order valence-corrected chi connectivity index (χ0v) is 32.3. The molecule has 0 saturated heterocycles. The van der Waals surface area contributed by atoms with Gasteiger partial charge in [-0.3, -0.25) is 14.4 Å². The van der Waals surface area contributed by atoms with Crippen LogP contribution in [-0.2, 0) is 20.9 Å². The number of aliphatic hydroxyl groups excluding tert-OH is 1. The largest absolute Gasteiger partial charge is 0.395 e. The van der Waals surface area contributed by atoms with E-state index in [1.54, 1.807) is 41.5 Å². The molecule has 11 heteroatoms. The van der Waals surface area contributed by atoms with Crippen molar-refractivity contribution in [2.75, 3.05) is 13.2 Å². The van der Waals surface area contributed by atoms with Gasteiger partial charge in [-0.2, -0.15) is 10.5 Å². The van der Waals surface area contributed by atoms with Gasteiger partial charge in [-0.15, -0.1) is 0 Å². The monoisotopic (exact) mass is 719 g/mol. The van der Waals surface area contributed by atoms with E-state index in [4.69, 9.17) is 12.2 Å². The summed E-state index contributed by atoms with van der Waals surface area (Å²) in [6.45, 7) is 14.1. The molecule has 9 nitrogen and oxygen atoms in total. The Labute approximate surface area is 308 Å². The first-order valence-corrected chi connectivity index (χ1v) is 18.2. The van der Waals surface area contributed by atoms with E-state index < -0.39 is 26.4 Å². The summed E-state index contributed by atoms with van der Waals surface area (Å²) in [6.07, 6.45) is 0.403. The van der Waals surface area contributed by atoms with Gasteiger partial charge < -0.3 is 21.1 Å². The molecule has 2 aromatic carbocycles. The first kappa shape index (κ1) is 42.4. The molecule has 2 aromatic rings. The molecule has 0 radical (unpaired) electrons. The number of hydrogen-bond donors (Lipinski definition) is 4. The summed E-state index contributed by atoms with van der Waals surface area (Å²) >= 11 is 6.92. The van der Waals surface area contributed by atoms with Gasteiger partial charge in [0, 0.05) is 30.0 Å². The Balaban J connectivity index is 2.60. The summed E-state index contributed by atoms with van der Waals surface area (Å²) in [7, 11) is 0. The van der Waals surface area contributed by atoms with Crippen LogP contribution in [0.2, 0.25) is 0 Å². The molecule has 4 N–H and O–H groups in total. The number of carbonyl (C=O) groups excluding carboxylic acids is 3. The summed E-state index contributed by atoms with van der Waals surface area (Å²) in [5.74, 6) is -1.03. The lowest BCUT2D eigenvalue weighted by atomic mass is 9.58. The summed E-state index contributed by atoms with van der Waals surface area (Å²) in [5, 5.41) is 39.1. The zero-order valence-electron chi connectivity index (χ0n) is 30.7. The zero-order chi connectivity index (χ0) is 37.8. The molecule has 2 rings (SSSR count). The number of thioether (sulfide) groups is 1. The number of nitrogens with zero attached hydrogens (tertiary/aromatic N) is 2. The summed E-state index contributed by atoms with van der Waals surface area (Å²) in [6, 6.07) is 23.3. The van der Waals surface area contributed by atoms with Crippen LogP contribution in [0.3, 0.4) is 0 Å². The highest BCUT2D eigenvalue weighted by molar-refractivity contribution is 8.24. The first-order chi connectivity index (χ1) is 23.3. The van der Waals surface area contributed by atoms with Gasteiger partial charge in [0.15, 0.2) is 0 Å². The van der Waals surface area contributed by atoms with Crippen LogP contribution in [-0.4, -0.2) is 51.0 Å². The lowest BCUT2D eigenvalue weighted by molar-refractivity contribution is -0.144. The van der Waals surface area contributed by atoms with Crippen LogP contribution < -0.4 is 16.0 Å². The Bertz CT molecular complexity index is 1570. The maximum atomic E-state index is 14.3. The number of aliphatic hydroxyl groups is 1. The van der Waals surface area contributed by atoms with E-state index in [1.165, 1.54) is 11.8 Å². The van der Waals surface area contributed by atoms with Crippen molar-refractivity contribution in [3.8, 4) is 12.1 Å². The second-order valence-electron chi connectivity index (χ2n) is 14.9. The Morgan fingerprint density at radius 3 is 1.82 bits per heavy atom. The van der Waals surface area contributed by atoms with Gasteiger partial charge in [-0.1, -0.05) is 98.5 Å².